The lowest BCUT2D eigenvalue weighted by Gasteiger charge is -2.29. The van der Waals surface area contributed by atoms with Crippen molar-refractivity contribution in [1.29, 1.82) is 0 Å². The molecule has 9 nitrogen and oxygen atoms in total. The SMILES string of the molecule is Cc1ccc(NC(=O)c2cc(F)cc(N3CCOCC3)c2)cc1-c1cc(C(=O)NCC2CCCO2)[nH]n1. The third-order valence-corrected chi connectivity index (χ3v) is 6.63. The Morgan fingerprint density at radius 1 is 1.11 bits per heavy atom. The molecule has 2 saturated heterocycles. The molecule has 1 aromatic heterocycles. The van der Waals surface area contributed by atoms with Crippen LogP contribution in [-0.4, -0.2) is 67.6 Å². The molecule has 2 aliphatic heterocycles. The standard InChI is InChI=1S/C27H30FN5O4/c1-17-4-5-20(30-26(34)18-11-19(28)13-21(12-18)33-6-9-36-10-7-33)14-23(17)24-15-25(32-31-24)27(35)29-16-22-3-2-8-37-22/h4-5,11-15,22H,2-3,6-10,16H2,1H3,(H,29,35)(H,30,34)(H,31,32). The molecule has 0 bridgehead atoms. The van der Waals surface area contributed by atoms with Crippen molar-refractivity contribution in [1.82, 2.24) is 15.5 Å². The summed E-state index contributed by atoms with van der Waals surface area (Å²) in [7, 11) is 0. The number of carbonyl (C=O) groups is 2. The van der Waals surface area contributed by atoms with Gasteiger partial charge in [-0.05, 0) is 61.7 Å². The largest absolute Gasteiger partial charge is 0.378 e. The number of hydrogen-bond acceptors (Lipinski definition) is 6. The Kier molecular flexibility index (Phi) is 7.47. The van der Waals surface area contributed by atoms with Gasteiger partial charge in [0.2, 0.25) is 0 Å². The van der Waals surface area contributed by atoms with Crippen LogP contribution in [0.15, 0.2) is 42.5 Å². The quantitative estimate of drug-likeness (QED) is 0.452. The third-order valence-electron chi connectivity index (χ3n) is 6.63. The van der Waals surface area contributed by atoms with E-state index in [1.807, 2.05) is 17.9 Å². The molecular weight excluding hydrogens is 477 g/mol. The highest BCUT2D eigenvalue weighted by Gasteiger charge is 2.19. The smallest absolute Gasteiger partial charge is 0.269 e. The van der Waals surface area contributed by atoms with Gasteiger partial charge in [-0.15, -0.1) is 0 Å². The maximum atomic E-state index is 14.3. The molecule has 2 aromatic carbocycles. The Labute approximate surface area is 214 Å². The number of aryl methyl sites for hydroxylation is 1. The summed E-state index contributed by atoms with van der Waals surface area (Å²) in [5, 5.41) is 12.8. The van der Waals surface area contributed by atoms with Crippen molar-refractivity contribution >= 4 is 23.2 Å². The number of benzene rings is 2. The van der Waals surface area contributed by atoms with Crippen molar-refractivity contribution in [3.63, 3.8) is 0 Å². The highest BCUT2D eigenvalue weighted by molar-refractivity contribution is 6.05. The van der Waals surface area contributed by atoms with Crippen molar-refractivity contribution in [2.45, 2.75) is 25.9 Å². The predicted molar refractivity (Wildman–Crippen MR) is 137 cm³/mol. The average molecular weight is 508 g/mol. The highest BCUT2D eigenvalue weighted by Crippen LogP contribution is 2.27. The number of nitrogens with zero attached hydrogens (tertiary/aromatic N) is 2. The van der Waals surface area contributed by atoms with E-state index in [2.05, 4.69) is 20.8 Å². The number of aromatic nitrogens is 2. The number of ether oxygens (including phenoxy) is 2. The minimum atomic E-state index is -0.472. The van der Waals surface area contributed by atoms with Crippen LogP contribution in [-0.2, 0) is 9.47 Å². The van der Waals surface area contributed by atoms with E-state index in [1.54, 1.807) is 24.3 Å². The Morgan fingerprint density at radius 3 is 2.73 bits per heavy atom. The summed E-state index contributed by atoms with van der Waals surface area (Å²) in [6.45, 7) is 5.53. The molecule has 5 rings (SSSR count). The summed E-state index contributed by atoms with van der Waals surface area (Å²) in [5.74, 6) is -1.14. The highest BCUT2D eigenvalue weighted by atomic mass is 19.1. The van der Waals surface area contributed by atoms with Crippen molar-refractivity contribution in [2.24, 2.45) is 0 Å². The van der Waals surface area contributed by atoms with Gasteiger partial charge in [0.1, 0.15) is 11.5 Å². The summed E-state index contributed by atoms with van der Waals surface area (Å²) in [6.07, 6.45) is 2.00. The zero-order chi connectivity index (χ0) is 25.8. The molecule has 3 N–H and O–H groups in total. The minimum absolute atomic E-state index is 0.0527. The normalized spacial score (nSPS) is 17.6. The van der Waals surface area contributed by atoms with Gasteiger partial charge in [-0.2, -0.15) is 5.10 Å². The van der Waals surface area contributed by atoms with Crippen LogP contribution >= 0.6 is 0 Å². The fraction of sp³-hybridized carbons (Fsp3) is 0.370. The molecule has 3 aromatic rings. The van der Waals surface area contributed by atoms with Gasteiger partial charge in [0.25, 0.3) is 11.8 Å². The Morgan fingerprint density at radius 2 is 1.95 bits per heavy atom. The Balaban J connectivity index is 1.29. The van der Waals surface area contributed by atoms with E-state index >= 15 is 0 Å². The molecule has 194 valence electrons. The number of carbonyl (C=O) groups excluding carboxylic acids is 2. The van der Waals surface area contributed by atoms with Crippen molar-refractivity contribution in [2.75, 3.05) is 49.7 Å². The lowest BCUT2D eigenvalue weighted by molar-refractivity contribution is 0.0853. The zero-order valence-corrected chi connectivity index (χ0v) is 20.7. The molecule has 2 fully saturated rings. The first kappa shape index (κ1) is 24.9. The fourth-order valence-electron chi connectivity index (χ4n) is 4.57. The molecular formula is C27H30FN5O4. The van der Waals surface area contributed by atoms with Crippen LogP contribution in [0.25, 0.3) is 11.3 Å². The van der Waals surface area contributed by atoms with Crippen LogP contribution in [0.4, 0.5) is 15.8 Å². The number of amides is 2. The third kappa shape index (κ3) is 5.98. The number of rotatable bonds is 7. The van der Waals surface area contributed by atoms with E-state index < -0.39 is 11.7 Å². The fourth-order valence-corrected chi connectivity index (χ4v) is 4.57. The van der Waals surface area contributed by atoms with Crippen molar-refractivity contribution < 1.29 is 23.5 Å². The number of H-pyrrole nitrogens is 1. The number of aromatic amines is 1. The lowest BCUT2D eigenvalue weighted by Crippen LogP contribution is -2.36. The molecule has 2 amide bonds. The number of nitrogens with one attached hydrogen (secondary N) is 3. The van der Waals surface area contributed by atoms with Gasteiger partial charge in [0.05, 0.1) is 25.0 Å². The maximum absolute atomic E-state index is 14.3. The van der Waals surface area contributed by atoms with E-state index in [1.165, 1.54) is 12.1 Å². The van der Waals surface area contributed by atoms with E-state index in [4.69, 9.17) is 9.47 Å². The predicted octanol–water partition coefficient (Wildman–Crippen LogP) is 3.52. The minimum Gasteiger partial charge on any atom is -0.378 e. The summed E-state index contributed by atoms with van der Waals surface area (Å²) in [5.41, 5.74) is 4.04. The van der Waals surface area contributed by atoms with E-state index in [9.17, 15) is 14.0 Å². The Bertz CT molecular complexity index is 1280. The van der Waals surface area contributed by atoms with Gasteiger partial charge in [0, 0.05) is 48.7 Å². The zero-order valence-electron chi connectivity index (χ0n) is 20.7. The van der Waals surface area contributed by atoms with Crippen molar-refractivity contribution in [3.8, 4) is 11.3 Å². The number of anilines is 2. The molecule has 0 radical (unpaired) electrons. The van der Waals surface area contributed by atoms with Gasteiger partial charge in [-0.25, -0.2) is 4.39 Å². The summed E-state index contributed by atoms with van der Waals surface area (Å²) < 4.78 is 25.3. The number of morpholine rings is 1. The molecule has 1 atom stereocenters. The molecule has 10 heteroatoms. The molecule has 0 aliphatic carbocycles. The van der Waals surface area contributed by atoms with Crippen LogP contribution in [0, 0.1) is 12.7 Å². The number of hydrogen-bond donors (Lipinski definition) is 3. The van der Waals surface area contributed by atoms with E-state index in [0.717, 1.165) is 30.6 Å². The maximum Gasteiger partial charge on any atom is 0.269 e. The molecule has 0 spiro atoms. The summed E-state index contributed by atoms with van der Waals surface area (Å²) in [6, 6.07) is 11.5. The second-order valence-corrected chi connectivity index (χ2v) is 9.29. The van der Waals surface area contributed by atoms with E-state index in [-0.39, 0.29) is 17.6 Å². The summed E-state index contributed by atoms with van der Waals surface area (Å²) >= 11 is 0. The lowest BCUT2D eigenvalue weighted by atomic mass is 10.0. The average Bonchev–Trinajstić information content (AvgIpc) is 3.61. The van der Waals surface area contributed by atoms with Gasteiger partial charge >= 0.3 is 0 Å². The first-order chi connectivity index (χ1) is 18.0. The molecule has 3 heterocycles. The number of halogens is 1. The van der Waals surface area contributed by atoms with Gasteiger partial charge in [-0.3, -0.25) is 14.7 Å². The van der Waals surface area contributed by atoms with Gasteiger partial charge in [0.15, 0.2) is 0 Å². The van der Waals surface area contributed by atoms with Crippen LogP contribution in [0.3, 0.4) is 0 Å². The van der Waals surface area contributed by atoms with Crippen LogP contribution in [0.1, 0.15) is 39.3 Å². The van der Waals surface area contributed by atoms with Crippen LogP contribution < -0.4 is 15.5 Å². The second-order valence-electron chi connectivity index (χ2n) is 9.29. The second kappa shape index (κ2) is 11.1. The summed E-state index contributed by atoms with van der Waals surface area (Å²) in [4.78, 5) is 27.5. The van der Waals surface area contributed by atoms with Gasteiger partial charge in [-0.1, -0.05) is 6.07 Å². The molecule has 2 aliphatic rings. The Hall–Kier alpha value is -3.76. The molecule has 1 unspecified atom stereocenters. The van der Waals surface area contributed by atoms with Crippen LogP contribution in [0.2, 0.25) is 0 Å². The molecule has 0 saturated carbocycles. The molecule has 37 heavy (non-hydrogen) atoms. The van der Waals surface area contributed by atoms with Crippen LogP contribution in [0.5, 0.6) is 0 Å². The topological polar surface area (TPSA) is 109 Å². The van der Waals surface area contributed by atoms with Gasteiger partial charge < -0.3 is 25.0 Å². The monoisotopic (exact) mass is 507 g/mol. The van der Waals surface area contributed by atoms with E-state index in [0.29, 0.717) is 55.6 Å². The first-order valence-corrected chi connectivity index (χ1v) is 12.5. The van der Waals surface area contributed by atoms with Crippen molar-refractivity contribution in [3.05, 3.63) is 65.1 Å². The first-order valence-electron chi connectivity index (χ1n) is 12.5.